The predicted octanol–water partition coefficient (Wildman–Crippen LogP) is 6.78. The molecule has 0 radical (unpaired) electrons. The van der Waals surface area contributed by atoms with Crippen LogP contribution in [0.2, 0.25) is 0 Å². The van der Waals surface area contributed by atoms with E-state index in [-0.39, 0.29) is 11.5 Å². The Morgan fingerprint density at radius 3 is 2.45 bits per heavy atom. The first-order chi connectivity index (χ1) is 14.7. The second-order valence-electron chi connectivity index (χ2n) is 12.1. The van der Waals surface area contributed by atoms with Crippen LogP contribution in [-0.2, 0) is 4.79 Å². The number of ketones is 1. The van der Waals surface area contributed by atoms with Crippen molar-refractivity contribution in [2.24, 2.45) is 34.5 Å². The van der Waals surface area contributed by atoms with Crippen LogP contribution < -0.4 is 0 Å². The van der Waals surface area contributed by atoms with E-state index in [2.05, 4.69) is 58.0 Å². The lowest BCUT2D eigenvalue weighted by Crippen LogP contribution is -2.54. The zero-order valence-corrected chi connectivity index (χ0v) is 19.9. The van der Waals surface area contributed by atoms with Crippen LogP contribution in [0.3, 0.4) is 0 Å². The Kier molecular flexibility index (Phi) is 5.24. The molecule has 4 fully saturated rings. The number of aliphatic hydroxyl groups is 1. The largest absolute Gasteiger partial charge is 0.393 e. The van der Waals surface area contributed by atoms with Crippen molar-refractivity contribution in [1.29, 1.82) is 0 Å². The van der Waals surface area contributed by atoms with Gasteiger partial charge < -0.3 is 5.11 Å². The number of aliphatic hydroxyl groups excluding tert-OH is 1. The highest BCUT2D eigenvalue weighted by atomic mass is 16.3. The zero-order valence-electron chi connectivity index (χ0n) is 19.9. The number of carbonyl (C=O) groups excluding carboxylic acids is 1. The molecule has 1 aromatic carbocycles. The highest BCUT2D eigenvalue weighted by Crippen LogP contribution is 2.66. The Morgan fingerprint density at radius 1 is 1.00 bits per heavy atom. The van der Waals surface area contributed by atoms with Crippen LogP contribution in [0, 0.1) is 34.5 Å². The SMILES string of the molecule is CC(C)c1ccc(/C=C2/C[C@@H]3[C@H]4CC[C@H]5C[C@@H](O)CC[C@]5(C)[C@@H]4CC[C@@]3(C)C2=O)cc1. The maximum Gasteiger partial charge on any atom is 0.165 e. The van der Waals surface area contributed by atoms with Crippen LogP contribution in [0.5, 0.6) is 0 Å². The number of hydrogen-bond acceptors (Lipinski definition) is 2. The van der Waals surface area contributed by atoms with Gasteiger partial charge in [-0.3, -0.25) is 4.79 Å². The first kappa shape index (κ1) is 21.4. The lowest BCUT2D eigenvalue weighted by atomic mass is 9.45. The van der Waals surface area contributed by atoms with E-state index in [1.54, 1.807) is 0 Å². The summed E-state index contributed by atoms with van der Waals surface area (Å²) in [5.74, 6) is 3.54. The van der Waals surface area contributed by atoms with Crippen LogP contribution in [0.25, 0.3) is 6.08 Å². The molecule has 4 saturated carbocycles. The van der Waals surface area contributed by atoms with E-state index in [4.69, 9.17) is 0 Å². The first-order valence-corrected chi connectivity index (χ1v) is 12.8. The highest BCUT2D eigenvalue weighted by Gasteiger charge is 2.61. The standard InChI is InChI=1S/C29H40O2/c1-18(2)20-7-5-19(6-8-20)15-21-16-26-24-10-9-22-17-23(30)11-13-28(22,3)25(24)12-14-29(26,4)27(21)31/h5-8,15,18,22-26,30H,9-14,16-17H2,1-4H3/b21-15-/t22-,23-,24-,25+,26+,28-,29+/m0/s1. The summed E-state index contributed by atoms with van der Waals surface area (Å²) >= 11 is 0. The summed E-state index contributed by atoms with van der Waals surface area (Å²) < 4.78 is 0. The molecule has 2 nitrogen and oxygen atoms in total. The van der Waals surface area contributed by atoms with Gasteiger partial charge in [0.15, 0.2) is 5.78 Å². The van der Waals surface area contributed by atoms with E-state index in [9.17, 15) is 9.90 Å². The van der Waals surface area contributed by atoms with Gasteiger partial charge in [0.2, 0.25) is 0 Å². The summed E-state index contributed by atoms with van der Waals surface area (Å²) in [7, 11) is 0. The van der Waals surface area contributed by atoms with Crippen molar-refractivity contribution in [3.63, 3.8) is 0 Å². The summed E-state index contributed by atoms with van der Waals surface area (Å²) in [5, 5.41) is 10.3. The van der Waals surface area contributed by atoms with Gasteiger partial charge >= 0.3 is 0 Å². The maximum absolute atomic E-state index is 13.6. The lowest BCUT2D eigenvalue weighted by Gasteiger charge is -2.59. The molecule has 4 aliphatic carbocycles. The molecule has 5 rings (SSSR count). The van der Waals surface area contributed by atoms with Gasteiger partial charge in [-0.2, -0.15) is 0 Å². The molecule has 0 aliphatic heterocycles. The van der Waals surface area contributed by atoms with Crippen LogP contribution in [0.4, 0.5) is 0 Å². The zero-order chi connectivity index (χ0) is 22.0. The molecule has 1 aromatic rings. The van der Waals surface area contributed by atoms with E-state index in [0.717, 1.165) is 37.2 Å². The second-order valence-corrected chi connectivity index (χ2v) is 12.1. The van der Waals surface area contributed by atoms with Crippen LogP contribution >= 0.6 is 0 Å². The predicted molar refractivity (Wildman–Crippen MR) is 127 cm³/mol. The van der Waals surface area contributed by atoms with Crippen LogP contribution in [-0.4, -0.2) is 17.0 Å². The Labute approximate surface area is 188 Å². The molecule has 4 aliphatic rings. The number of rotatable bonds is 2. The molecule has 0 bridgehead atoms. The van der Waals surface area contributed by atoms with Gasteiger partial charge in [-0.25, -0.2) is 0 Å². The van der Waals surface area contributed by atoms with Crippen molar-refractivity contribution in [2.75, 3.05) is 0 Å². The molecular formula is C29H40O2. The second kappa shape index (κ2) is 7.58. The Balaban J connectivity index is 1.41. The number of Topliss-reactive ketones (excluding diaryl/α,β-unsaturated/α-hetero) is 1. The van der Waals surface area contributed by atoms with Gasteiger partial charge in [-0.05, 0) is 109 Å². The fourth-order valence-corrected chi connectivity index (χ4v) is 8.21. The number of hydrogen-bond donors (Lipinski definition) is 1. The van der Waals surface area contributed by atoms with Crippen molar-refractivity contribution in [2.45, 2.75) is 91.1 Å². The smallest absolute Gasteiger partial charge is 0.165 e. The molecule has 0 heterocycles. The molecular weight excluding hydrogens is 380 g/mol. The highest BCUT2D eigenvalue weighted by molar-refractivity contribution is 6.05. The normalized spacial score (nSPS) is 43.6. The molecule has 0 amide bonds. The average Bonchev–Trinajstić information content (AvgIpc) is 2.99. The van der Waals surface area contributed by atoms with Crippen LogP contribution in [0.15, 0.2) is 29.8 Å². The van der Waals surface area contributed by atoms with Crippen molar-refractivity contribution in [3.8, 4) is 0 Å². The quantitative estimate of drug-likeness (QED) is 0.536. The monoisotopic (exact) mass is 420 g/mol. The molecule has 2 heteroatoms. The van der Waals surface area contributed by atoms with Gasteiger partial charge in [-0.15, -0.1) is 0 Å². The van der Waals surface area contributed by atoms with E-state index in [0.29, 0.717) is 34.9 Å². The summed E-state index contributed by atoms with van der Waals surface area (Å²) in [6, 6.07) is 8.78. The number of fused-ring (bicyclic) bond motifs is 5. The topological polar surface area (TPSA) is 37.3 Å². The Bertz CT molecular complexity index is 881. The summed E-state index contributed by atoms with van der Waals surface area (Å²) in [4.78, 5) is 13.6. The molecule has 0 aromatic heterocycles. The van der Waals surface area contributed by atoms with Gasteiger partial charge in [0.25, 0.3) is 0 Å². The first-order valence-electron chi connectivity index (χ1n) is 12.8. The average molecular weight is 421 g/mol. The summed E-state index contributed by atoms with van der Waals surface area (Å²) in [6.45, 7) is 9.24. The van der Waals surface area contributed by atoms with Gasteiger partial charge in [0.05, 0.1) is 6.10 Å². The van der Waals surface area contributed by atoms with Gasteiger partial charge in [0.1, 0.15) is 0 Å². The third-order valence-electron chi connectivity index (χ3n) is 10.2. The maximum atomic E-state index is 13.6. The molecule has 1 N–H and O–H groups in total. The van der Waals surface area contributed by atoms with Crippen molar-refractivity contribution in [1.82, 2.24) is 0 Å². The molecule has 0 saturated heterocycles. The molecule has 7 atom stereocenters. The fraction of sp³-hybridized carbons (Fsp3) is 0.690. The Morgan fingerprint density at radius 2 is 1.74 bits per heavy atom. The van der Waals surface area contributed by atoms with Crippen molar-refractivity contribution >= 4 is 11.9 Å². The van der Waals surface area contributed by atoms with E-state index in [1.165, 1.54) is 36.8 Å². The van der Waals surface area contributed by atoms with E-state index in [1.807, 2.05) is 0 Å². The Hall–Kier alpha value is -1.41. The number of benzene rings is 1. The van der Waals surface area contributed by atoms with E-state index >= 15 is 0 Å². The minimum absolute atomic E-state index is 0.0897. The third-order valence-corrected chi connectivity index (χ3v) is 10.2. The molecule has 0 unspecified atom stereocenters. The van der Waals surface area contributed by atoms with Gasteiger partial charge in [0, 0.05) is 5.41 Å². The van der Waals surface area contributed by atoms with E-state index < -0.39 is 0 Å². The lowest BCUT2D eigenvalue weighted by molar-refractivity contribution is -0.141. The minimum atomic E-state index is -0.164. The summed E-state index contributed by atoms with van der Waals surface area (Å²) in [6.07, 6.45) is 10.9. The number of carbonyl (C=O) groups is 1. The summed E-state index contributed by atoms with van der Waals surface area (Å²) in [5.41, 5.74) is 3.79. The molecule has 168 valence electrons. The number of allylic oxidation sites excluding steroid dienone is 1. The van der Waals surface area contributed by atoms with Gasteiger partial charge in [-0.1, -0.05) is 52.0 Å². The van der Waals surface area contributed by atoms with Crippen LogP contribution in [0.1, 0.15) is 96.1 Å². The molecule has 0 spiro atoms. The molecule has 31 heavy (non-hydrogen) atoms. The van der Waals surface area contributed by atoms with Crippen molar-refractivity contribution < 1.29 is 9.90 Å². The minimum Gasteiger partial charge on any atom is -0.393 e. The third kappa shape index (κ3) is 3.36. The fourth-order valence-electron chi connectivity index (χ4n) is 8.21. The van der Waals surface area contributed by atoms with Crippen molar-refractivity contribution in [3.05, 3.63) is 41.0 Å².